The number of nitrogens with one attached hydrogen (secondary N) is 1. The van der Waals surface area contributed by atoms with Gasteiger partial charge in [0.05, 0.1) is 4.90 Å². The molecule has 2 aromatic rings. The van der Waals surface area contributed by atoms with Crippen LogP contribution >= 0.6 is 11.3 Å². The van der Waals surface area contributed by atoms with Gasteiger partial charge in [-0.1, -0.05) is 18.6 Å². The van der Waals surface area contributed by atoms with E-state index in [1.165, 1.54) is 10.9 Å². The average Bonchev–Trinajstić information content (AvgIpc) is 3.32. The van der Waals surface area contributed by atoms with Gasteiger partial charge in [-0.2, -0.15) is 4.31 Å². The van der Waals surface area contributed by atoms with E-state index in [1.807, 2.05) is 6.92 Å². The predicted octanol–water partition coefficient (Wildman–Crippen LogP) is 3.95. The normalized spacial score (nSPS) is 21.5. The third-order valence-electron chi connectivity index (χ3n) is 6.66. The summed E-state index contributed by atoms with van der Waals surface area (Å²) in [6.07, 6.45) is 4.95. The minimum atomic E-state index is -3.58. The highest BCUT2D eigenvalue weighted by atomic mass is 32.2. The first-order valence-electron chi connectivity index (χ1n) is 11.6. The van der Waals surface area contributed by atoms with Gasteiger partial charge in [0.25, 0.3) is 5.91 Å². The molecule has 2 aliphatic heterocycles. The fraction of sp³-hybridized carbons (Fsp3) is 0.542. The maximum atomic E-state index is 13.1. The Morgan fingerprint density at radius 1 is 1.09 bits per heavy atom. The fourth-order valence-electron chi connectivity index (χ4n) is 4.67. The Morgan fingerprint density at radius 3 is 2.62 bits per heavy atom. The SMILES string of the molecule is CC1CCCCN1S(=O)(=O)c1cccc(C(=O)NCC2CCN(Cc3cccs3)CC2)c1. The number of sulfonamides is 1. The maximum absolute atomic E-state index is 13.1. The van der Waals surface area contributed by atoms with E-state index in [-0.39, 0.29) is 16.8 Å². The third kappa shape index (κ3) is 5.60. The molecule has 0 aliphatic carbocycles. The van der Waals surface area contributed by atoms with Gasteiger partial charge in [-0.15, -0.1) is 11.3 Å². The van der Waals surface area contributed by atoms with Crippen LogP contribution in [-0.2, 0) is 16.6 Å². The summed E-state index contributed by atoms with van der Waals surface area (Å²) in [6, 6.07) is 10.7. The van der Waals surface area contributed by atoms with Crippen molar-refractivity contribution in [3.05, 3.63) is 52.2 Å². The molecule has 174 valence electrons. The molecule has 0 spiro atoms. The van der Waals surface area contributed by atoms with Crippen LogP contribution in [0.1, 0.15) is 54.3 Å². The highest BCUT2D eigenvalue weighted by molar-refractivity contribution is 7.89. The van der Waals surface area contributed by atoms with E-state index in [1.54, 1.807) is 33.8 Å². The van der Waals surface area contributed by atoms with Crippen LogP contribution in [0.2, 0.25) is 0 Å². The van der Waals surface area contributed by atoms with Crippen LogP contribution in [-0.4, -0.2) is 55.8 Å². The molecule has 0 bridgehead atoms. The van der Waals surface area contributed by atoms with E-state index < -0.39 is 10.0 Å². The van der Waals surface area contributed by atoms with Crippen molar-refractivity contribution in [3.8, 4) is 0 Å². The summed E-state index contributed by atoms with van der Waals surface area (Å²) in [4.78, 5) is 16.8. The van der Waals surface area contributed by atoms with Gasteiger partial charge in [0, 0.05) is 36.1 Å². The van der Waals surface area contributed by atoms with Crippen molar-refractivity contribution in [2.75, 3.05) is 26.2 Å². The lowest BCUT2D eigenvalue weighted by Crippen LogP contribution is -2.42. The minimum absolute atomic E-state index is 0.00286. The van der Waals surface area contributed by atoms with Crippen molar-refractivity contribution >= 4 is 27.3 Å². The Morgan fingerprint density at radius 2 is 1.91 bits per heavy atom. The van der Waals surface area contributed by atoms with Crippen molar-refractivity contribution in [1.29, 1.82) is 0 Å². The number of likely N-dealkylation sites (tertiary alicyclic amines) is 1. The zero-order valence-electron chi connectivity index (χ0n) is 18.7. The second-order valence-corrected chi connectivity index (χ2v) is 11.9. The van der Waals surface area contributed by atoms with Gasteiger partial charge in [0.1, 0.15) is 0 Å². The van der Waals surface area contributed by atoms with E-state index in [0.717, 1.165) is 51.7 Å². The summed E-state index contributed by atoms with van der Waals surface area (Å²) in [6.45, 7) is 6.23. The number of rotatable bonds is 7. The second kappa shape index (κ2) is 10.5. The summed E-state index contributed by atoms with van der Waals surface area (Å²) < 4.78 is 27.8. The molecule has 32 heavy (non-hydrogen) atoms. The second-order valence-electron chi connectivity index (χ2n) is 9.00. The number of piperidine rings is 2. The first kappa shape index (κ1) is 23.4. The number of thiophene rings is 1. The molecule has 1 atom stereocenters. The number of hydrogen-bond donors (Lipinski definition) is 1. The molecule has 8 heteroatoms. The lowest BCUT2D eigenvalue weighted by Gasteiger charge is -2.32. The van der Waals surface area contributed by atoms with Crippen molar-refractivity contribution in [2.24, 2.45) is 5.92 Å². The Labute approximate surface area is 195 Å². The summed E-state index contributed by atoms with van der Waals surface area (Å²) in [5, 5.41) is 5.15. The number of carbonyl (C=O) groups is 1. The van der Waals surface area contributed by atoms with Crippen LogP contribution < -0.4 is 5.32 Å². The molecule has 3 heterocycles. The number of benzene rings is 1. The molecule has 4 rings (SSSR count). The summed E-state index contributed by atoms with van der Waals surface area (Å²) in [5.74, 6) is 0.259. The van der Waals surface area contributed by atoms with Gasteiger partial charge in [0.15, 0.2) is 0 Å². The molecule has 1 unspecified atom stereocenters. The third-order valence-corrected chi connectivity index (χ3v) is 9.53. The molecule has 0 saturated carbocycles. The Kier molecular flexibility index (Phi) is 7.66. The van der Waals surface area contributed by atoms with E-state index in [9.17, 15) is 13.2 Å². The standard InChI is InChI=1S/C24H33N3O3S2/c1-19-6-2-3-12-27(19)32(29,30)23-9-4-7-21(16-23)24(28)25-17-20-10-13-26(14-11-20)18-22-8-5-15-31-22/h4-5,7-9,15-16,19-20H,2-3,6,10-14,17-18H2,1H3,(H,25,28). The van der Waals surface area contributed by atoms with Crippen LogP contribution in [0.3, 0.4) is 0 Å². The van der Waals surface area contributed by atoms with Gasteiger partial charge < -0.3 is 5.32 Å². The molecule has 2 fully saturated rings. The number of hydrogen-bond acceptors (Lipinski definition) is 5. The van der Waals surface area contributed by atoms with E-state index in [2.05, 4.69) is 27.7 Å². The molecule has 1 aromatic carbocycles. The Bertz CT molecular complexity index is 999. The van der Waals surface area contributed by atoms with Crippen molar-refractivity contribution in [3.63, 3.8) is 0 Å². The smallest absolute Gasteiger partial charge is 0.251 e. The van der Waals surface area contributed by atoms with Gasteiger partial charge in [-0.05, 0) is 81.3 Å². The van der Waals surface area contributed by atoms with Gasteiger partial charge in [-0.3, -0.25) is 9.69 Å². The fourth-order valence-corrected chi connectivity index (χ4v) is 7.16. The van der Waals surface area contributed by atoms with Crippen LogP contribution in [0.15, 0.2) is 46.7 Å². The maximum Gasteiger partial charge on any atom is 0.251 e. The van der Waals surface area contributed by atoms with E-state index >= 15 is 0 Å². The minimum Gasteiger partial charge on any atom is -0.352 e. The first-order chi connectivity index (χ1) is 15.4. The van der Waals surface area contributed by atoms with Crippen LogP contribution in [0, 0.1) is 5.92 Å². The molecule has 2 aliphatic rings. The molecule has 1 amide bonds. The zero-order valence-corrected chi connectivity index (χ0v) is 20.3. The predicted molar refractivity (Wildman–Crippen MR) is 128 cm³/mol. The van der Waals surface area contributed by atoms with Gasteiger partial charge in [0.2, 0.25) is 10.0 Å². The summed E-state index contributed by atoms with van der Waals surface area (Å²) in [7, 11) is -3.58. The summed E-state index contributed by atoms with van der Waals surface area (Å²) >= 11 is 1.80. The summed E-state index contributed by atoms with van der Waals surface area (Å²) in [5.41, 5.74) is 0.408. The first-order valence-corrected chi connectivity index (χ1v) is 13.9. The molecule has 0 radical (unpaired) electrons. The van der Waals surface area contributed by atoms with E-state index in [4.69, 9.17) is 0 Å². The number of amides is 1. The van der Waals surface area contributed by atoms with Crippen LogP contribution in [0.4, 0.5) is 0 Å². The van der Waals surface area contributed by atoms with Crippen LogP contribution in [0.25, 0.3) is 0 Å². The molecule has 6 nitrogen and oxygen atoms in total. The number of nitrogens with zero attached hydrogens (tertiary/aromatic N) is 2. The number of carbonyl (C=O) groups excluding carboxylic acids is 1. The molecular weight excluding hydrogens is 442 g/mol. The molecule has 1 N–H and O–H groups in total. The Hall–Kier alpha value is -1.74. The largest absolute Gasteiger partial charge is 0.352 e. The van der Waals surface area contributed by atoms with Gasteiger partial charge >= 0.3 is 0 Å². The quantitative estimate of drug-likeness (QED) is 0.658. The topological polar surface area (TPSA) is 69.7 Å². The lowest BCUT2D eigenvalue weighted by atomic mass is 9.96. The molecule has 1 aromatic heterocycles. The monoisotopic (exact) mass is 475 g/mol. The van der Waals surface area contributed by atoms with Crippen molar-refractivity contribution < 1.29 is 13.2 Å². The zero-order chi connectivity index (χ0) is 22.6. The van der Waals surface area contributed by atoms with E-state index in [0.29, 0.717) is 24.6 Å². The lowest BCUT2D eigenvalue weighted by molar-refractivity contribution is 0.0935. The highest BCUT2D eigenvalue weighted by Crippen LogP contribution is 2.26. The van der Waals surface area contributed by atoms with Crippen molar-refractivity contribution in [2.45, 2.75) is 56.5 Å². The molecular formula is C24H33N3O3S2. The highest BCUT2D eigenvalue weighted by Gasteiger charge is 2.31. The van der Waals surface area contributed by atoms with Gasteiger partial charge in [-0.25, -0.2) is 8.42 Å². The van der Waals surface area contributed by atoms with Crippen LogP contribution in [0.5, 0.6) is 0 Å². The average molecular weight is 476 g/mol. The van der Waals surface area contributed by atoms with Crippen molar-refractivity contribution in [1.82, 2.24) is 14.5 Å². The molecule has 2 saturated heterocycles. The Balaban J connectivity index is 1.30.